The summed E-state index contributed by atoms with van der Waals surface area (Å²) in [6.45, 7) is 10.7. The molecule has 1 aliphatic heterocycles. The molecule has 0 aromatic carbocycles. The zero-order chi connectivity index (χ0) is 22.8. The van der Waals surface area contributed by atoms with Crippen molar-refractivity contribution in [2.24, 2.45) is 15.9 Å². The number of aromatic nitrogens is 2. The van der Waals surface area contributed by atoms with Crippen molar-refractivity contribution in [3.05, 3.63) is 29.6 Å². The van der Waals surface area contributed by atoms with E-state index in [1.165, 1.54) is 0 Å². The Labute approximate surface area is 182 Å². The van der Waals surface area contributed by atoms with Crippen molar-refractivity contribution >= 4 is 23.0 Å². The molecule has 168 valence electrons. The third kappa shape index (κ3) is 5.15. The van der Waals surface area contributed by atoms with Gasteiger partial charge in [-0.25, -0.2) is 9.31 Å². The highest BCUT2D eigenvalue weighted by atomic mass is 16.6. The molecule has 2 N–H and O–H groups in total. The summed E-state index contributed by atoms with van der Waals surface area (Å²) < 4.78 is 12.8. The van der Waals surface area contributed by atoms with Gasteiger partial charge in [-0.05, 0) is 59.1 Å². The molecule has 0 spiro atoms. The number of carbonyl (C=O) groups excluding carboxylic acids is 1. The lowest BCUT2D eigenvalue weighted by Crippen LogP contribution is -2.42. The van der Waals surface area contributed by atoms with Crippen LogP contribution in [0.4, 0.5) is 4.79 Å². The number of aliphatic imine (C=N–C) groups is 1. The van der Waals surface area contributed by atoms with E-state index in [2.05, 4.69) is 10.2 Å². The van der Waals surface area contributed by atoms with Gasteiger partial charge in [0.25, 0.3) is 0 Å². The zero-order valence-corrected chi connectivity index (χ0v) is 19.2. The molecule has 1 fully saturated rings. The van der Waals surface area contributed by atoms with Crippen LogP contribution in [0, 0.1) is 6.92 Å². The fourth-order valence-electron chi connectivity index (χ4n) is 3.73. The third-order valence-corrected chi connectivity index (χ3v) is 5.22. The highest BCUT2D eigenvalue weighted by Gasteiger charge is 2.27. The number of aryl methyl sites for hydroxylation is 1. The van der Waals surface area contributed by atoms with Crippen LogP contribution < -0.4 is 10.6 Å². The summed E-state index contributed by atoms with van der Waals surface area (Å²) in [4.78, 5) is 18.9. The molecule has 1 amide bonds. The molecule has 0 unspecified atom stereocenters. The standard InChI is InChI=1S/C22H32N6O3/c1-14-12-24-28-13-16(11-18(30-6)20(14)28)19(26-23)15(2)25-17-7-9-27(10-8-17)21(29)31-22(3,4)5/h11-13,17H,7-10,23H2,1-6H3/b25-15?,26-19+. The van der Waals surface area contributed by atoms with Crippen molar-refractivity contribution in [1.82, 2.24) is 14.5 Å². The van der Waals surface area contributed by atoms with Crippen LogP contribution in [0.1, 0.15) is 51.7 Å². The number of methoxy groups -OCH3 is 1. The monoisotopic (exact) mass is 428 g/mol. The second-order valence-corrected chi connectivity index (χ2v) is 8.81. The molecule has 2 aromatic heterocycles. The summed E-state index contributed by atoms with van der Waals surface area (Å²) in [5.41, 5.74) is 3.54. The van der Waals surface area contributed by atoms with E-state index < -0.39 is 5.60 Å². The van der Waals surface area contributed by atoms with Gasteiger partial charge in [0.2, 0.25) is 0 Å². The minimum Gasteiger partial charge on any atom is -0.494 e. The van der Waals surface area contributed by atoms with Crippen LogP contribution in [0.2, 0.25) is 0 Å². The van der Waals surface area contributed by atoms with Gasteiger partial charge < -0.3 is 20.2 Å². The Morgan fingerprint density at radius 3 is 2.55 bits per heavy atom. The zero-order valence-electron chi connectivity index (χ0n) is 19.2. The number of carbonyl (C=O) groups is 1. The van der Waals surface area contributed by atoms with Gasteiger partial charge in [0.15, 0.2) is 0 Å². The number of nitrogens with two attached hydrogens (primary N) is 1. The summed E-state index contributed by atoms with van der Waals surface area (Å²) in [6.07, 6.45) is 4.91. The number of likely N-dealkylation sites (tertiary alicyclic amines) is 1. The molecule has 1 saturated heterocycles. The number of hydrogen-bond acceptors (Lipinski definition) is 7. The van der Waals surface area contributed by atoms with Gasteiger partial charge in [0, 0.05) is 24.8 Å². The number of nitrogens with zero attached hydrogens (tertiary/aromatic N) is 5. The molecule has 3 heterocycles. The van der Waals surface area contributed by atoms with Crippen LogP contribution >= 0.6 is 0 Å². The first-order chi connectivity index (χ1) is 14.6. The molecule has 9 heteroatoms. The maximum Gasteiger partial charge on any atom is 0.410 e. The topological polar surface area (TPSA) is 107 Å². The molecular formula is C22H32N6O3. The number of ether oxygens (including phenoxy) is 2. The molecule has 0 bridgehead atoms. The first-order valence-electron chi connectivity index (χ1n) is 10.5. The first-order valence-corrected chi connectivity index (χ1v) is 10.5. The van der Waals surface area contributed by atoms with E-state index in [1.54, 1.807) is 22.7 Å². The van der Waals surface area contributed by atoms with Crippen LogP contribution in [0.5, 0.6) is 5.75 Å². The lowest BCUT2D eigenvalue weighted by atomic mass is 10.0. The van der Waals surface area contributed by atoms with E-state index in [1.807, 2.05) is 46.9 Å². The minimum atomic E-state index is -0.496. The summed E-state index contributed by atoms with van der Waals surface area (Å²) in [5, 5.41) is 8.38. The molecule has 0 radical (unpaired) electrons. The first kappa shape index (κ1) is 22.6. The number of hydrogen-bond donors (Lipinski definition) is 1. The van der Waals surface area contributed by atoms with Crippen molar-refractivity contribution in [3.63, 3.8) is 0 Å². The maximum atomic E-state index is 12.3. The second kappa shape index (κ2) is 8.95. The molecule has 31 heavy (non-hydrogen) atoms. The molecular weight excluding hydrogens is 396 g/mol. The molecule has 2 aromatic rings. The lowest BCUT2D eigenvalue weighted by molar-refractivity contribution is 0.0207. The Morgan fingerprint density at radius 1 is 1.29 bits per heavy atom. The van der Waals surface area contributed by atoms with E-state index in [4.69, 9.17) is 20.3 Å². The van der Waals surface area contributed by atoms with Crippen molar-refractivity contribution in [1.29, 1.82) is 0 Å². The van der Waals surface area contributed by atoms with Crippen molar-refractivity contribution in [2.75, 3.05) is 20.2 Å². The van der Waals surface area contributed by atoms with Crippen LogP contribution in [0.25, 0.3) is 5.52 Å². The fourth-order valence-corrected chi connectivity index (χ4v) is 3.73. The Balaban J connectivity index is 1.74. The van der Waals surface area contributed by atoms with E-state index in [0.717, 1.165) is 35.2 Å². The summed E-state index contributed by atoms with van der Waals surface area (Å²) in [5.74, 6) is 6.44. The normalized spacial score (nSPS) is 16.6. The Hall–Kier alpha value is -3.10. The second-order valence-electron chi connectivity index (χ2n) is 8.81. The minimum absolute atomic E-state index is 0.0908. The largest absolute Gasteiger partial charge is 0.494 e. The van der Waals surface area contributed by atoms with Gasteiger partial charge in [0.1, 0.15) is 22.6 Å². The van der Waals surface area contributed by atoms with Crippen LogP contribution in [-0.4, -0.2) is 63.9 Å². The maximum absolute atomic E-state index is 12.3. The molecule has 9 nitrogen and oxygen atoms in total. The highest BCUT2D eigenvalue weighted by molar-refractivity contribution is 6.47. The van der Waals surface area contributed by atoms with Crippen molar-refractivity contribution in [2.45, 2.75) is 59.1 Å². The van der Waals surface area contributed by atoms with E-state index in [-0.39, 0.29) is 12.1 Å². The summed E-state index contributed by atoms with van der Waals surface area (Å²) in [7, 11) is 1.63. The Bertz CT molecular complexity index is 1010. The van der Waals surface area contributed by atoms with E-state index in [9.17, 15) is 4.79 Å². The molecule has 0 atom stereocenters. The van der Waals surface area contributed by atoms with Gasteiger partial charge in [-0.15, -0.1) is 0 Å². The van der Waals surface area contributed by atoms with Crippen LogP contribution in [0.3, 0.4) is 0 Å². The van der Waals surface area contributed by atoms with Gasteiger partial charge in [0.05, 0.1) is 25.1 Å². The molecule has 0 aliphatic carbocycles. The number of rotatable bonds is 4. The van der Waals surface area contributed by atoms with Gasteiger partial charge in [-0.3, -0.25) is 4.99 Å². The molecule has 3 rings (SSSR count). The van der Waals surface area contributed by atoms with Gasteiger partial charge in [-0.2, -0.15) is 10.2 Å². The number of pyridine rings is 1. The van der Waals surface area contributed by atoms with Gasteiger partial charge in [-0.1, -0.05) is 0 Å². The predicted octanol–water partition coefficient (Wildman–Crippen LogP) is 3.17. The highest BCUT2D eigenvalue weighted by Crippen LogP contribution is 2.25. The van der Waals surface area contributed by atoms with E-state index >= 15 is 0 Å². The Kier molecular flexibility index (Phi) is 6.52. The lowest BCUT2D eigenvalue weighted by Gasteiger charge is -2.32. The van der Waals surface area contributed by atoms with Crippen LogP contribution in [0.15, 0.2) is 28.6 Å². The van der Waals surface area contributed by atoms with Gasteiger partial charge >= 0.3 is 6.09 Å². The van der Waals surface area contributed by atoms with Crippen LogP contribution in [-0.2, 0) is 4.74 Å². The predicted molar refractivity (Wildman–Crippen MR) is 121 cm³/mol. The number of fused-ring (bicyclic) bond motifs is 1. The fraction of sp³-hybridized carbons (Fsp3) is 0.545. The quantitative estimate of drug-likeness (QED) is 0.457. The summed E-state index contributed by atoms with van der Waals surface area (Å²) >= 11 is 0. The van der Waals surface area contributed by atoms with Crippen molar-refractivity contribution < 1.29 is 14.3 Å². The average molecular weight is 429 g/mol. The molecule has 1 aliphatic rings. The van der Waals surface area contributed by atoms with E-state index in [0.29, 0.717) is 24.6 Å². The number of piperidine rings is 1. The Morgan fingerprint density at radius 2 is 1.97 bits per heavy atom. The average Bonchev–Trinajstić information content (AvgIpc) is 3.08. The van der Waals surface area contributed by atoms with Crippen molar-refractivity contribution in [3.8, 4) is 5.75 Å². The SMILES string of the molecule is COc1cc(/C(=N/N)C(C)=NC2CCN(C(=O)OC(C)(C)C)CC2)cn2ncc(C)c12. The smallest absolute Gasteiger partial charge is 0.410 e. The third-order valence-electron chi connectivity index (χ3n) is 5.22. The summed E-state index contributed by atoms with van der Waals surface area (Å²) in [6, 6.07) is 1.99. The number of amides is 1. The molecule has 0 saturated carbocycles. The number of hydrazone groups is 1.